The summed E-state index contributed by atoms with van der Waals surface area (Å²) in [5.41, 5.74) is 5.41. The van der Waals surface area contributed by atoms with Crippen LogP contribution in [0.15, 0.2) is 29.3 Å². The van der Waals surface area contributed by atoms with E-state index < -0.39 is 11.7 Å². The third-order valence-corrected chi connectivity index (χ3v) is 2.38. The standard InChI is InChI=1S/C13H18F3N3.HI/c1-9(2)7-18-12(17)19-8-10-4-3-5-11(6-10)13(14,15)16;/h3-6,9H,7-8H2,1-2H3,(H3,17,18,19);1H. The molecule has 0 fully saturated rings. The molecule has 0 atom stereocenters. The average Bonchev–Trinajstić information content (AvgIpc) is 2.33. The zero-order chi connectivity index (χ0) is 14.5. The van der Waals surface area contributed by atoms with Crippen LogP contribution in [0.25, 0.3) is 0 Å². The van der Waals surface area contributed by atoms with Crippen LogP contribution in [0, 0.1) is 5.92 Å². The summed E-state index contributed by atoms with van der Waals surface area (Å²) < 4.78 is 37.5. The highest BCUT2D eigenvalue weighted by atomic mass is 127. The maximum absolute atomic E-state index is 12.5. The summed E-state index contributed by atoms with van der Waals surface area (Å²) in [6.07, 6.45) is -4.33. The molecular weight excluding hydrogens is 382 g/mol. The predicted octanol–water partition coefficient (Wildman–Crippen LogP) is 3.38. The SMILES string of the molecule is CC(C)CNC(N)=NCc1cccc(C(F)(F)F)c1.I. The van der Waals surface area contributed by atoms with Gasteiger partial charge >= 0.3 is 6.18 Å². The molecule has 1 aromatic rings. The molecule has 3 nitrogen and oxygen atoms in total. The molecule has 0 spiro atoms. The number of nitrogens with zero attached hydrogens (tertiary/aromatic N) is 1. The van der Waals surface area contributed by atoms with Crippen molar-refractivity contribution in [3.8, 4) is 0 Å². The number of aliphatic imine (C=N–C) groups is 1. The Balaban J connectivity index is 0.00000361. The molecule has 0 aliphatic heterocycles. The average molecular weight is 401 g/mol. The number of nitrogens with two attached hydrogens (primary N) is 1. The van der Waals surface area contributed by atoms with Crippen molar-refractivity contribution in [2.75, 3.05) is 6.54 Å². The fraction of sp³-hybridized carbons (Fsp3) is 0.462. The Labute approximate surface area is 133 Å². The zero-order valence-corrected chi connectivity index (χ0v) is 13.7. The first-order valence-electron chi connectivity index (χ1n) is 5.99. The van der Waals surface area contributed by atoms with Gasteiger partial charge in [0.05, 0.1) is 12.1 Å². The molecule has 0 aliphatic rings. The van der Waals surface area contributed by atoms with Crippen LogP contribution in [-0.2, 0) is 12.7 Å². The van der Waals surface area contributed by atoms with Crippen LogP contribution in [0.5, 0.6) is 0 Å². The molecule has 0 saturated heterocycles. The minimum Gasteiger partial charge on any atom is -0.370 e. The number of halogens is 4. The Kier molecular flexibility index (Phi) is 7.92. The topological polar surface area (TPSA) is 50.4 Å². The first kappa shape index (κ1) is 19.0. The van der Waals surface area contributed by atoms with Gasteiger partial charge in [0.25, 0.3) is 0 Å². The molecule has 0 amide bonds. The van der Waals surface area contributed by atoms with Gasteiger partial charge in [-0.25, -0.2) is 4.99 Å². The molecule has 0 radical (unpaired) electrons. The molecular formula is C13H19F3IN3. The molecule has 0 aliphatic carbocycles. The second-order valence-corrected chi connectivity index (χ2v) is 4.67. The molecule has 0 aromatic heterocycles. The van der Waals surface area contributed by atoms with Crippen LogP contribution in [0.2, 0.25) is 0 Å². The molecule has 0 saturated carbocycles. The van der Waals surface area contributed by atoms with Crippen molar-refractivity contribution >= 4 is 29.9 Å². The quantitative estimate of drug-likeness (QED) is 0.462. The summed E-state index contributed by atoms with van der Waals surface area (Å²) in [5.74, 6) is 0.661. The molecule has 0 bridgehead atoms. The maximum Gasteiger partial charge on any atom is 0.416 e. The van der Waals surface area contributed by atoms with Crippen LogP contribution in [0.1, 0.15) is 25.0 Å². The smallest absolute Gasteiger partial charge is 0.370 e. The largest absolute Gasteiger partial charge is 0.416 e. The Bertz CT molecular complexity index is 445. The van der Waals surface area contributed by atoms with E-state index in [9.17, 15) is 13.2 Å². The fourth-order valence-electron chi connectivity index (χ4n) is 1.39. The second kappa shape index (κ2) is 8.33. The third kappa shape index (κ3) is 6.97. The molecule has 3 N–H and O–H groups in total. The minimum atomic E-state index is -4.33. The van der Waals surface area contributed by atoms with Gasteiger partial charge in [0.15, 0.2) is 5.96 Å². The normalized spacial score (nSPS) is 12.2. The monoisotopic (exact) mass is 401 g/mol. The molecule has 0 unspecified atom stereocenters. The Morgan fingerprint density at radius 2 is 2.00 bits per heavy atom. The van der Waals surface area contributed by atoms with Gasteiger partial charge in [0, 0.05) is 6.54 Å². The third-order valence-electron chi connectivity index (χ3n) is 2.38. The van der Waals surface area contributed by atoms with Crippen molar-refractivity contribution in [1.29, 1.82) is 0 Å². The lowest BCUT2D eigenvalue weighted by Crippen LogP contribution is -2.34. The number of alkyl halides is 3. The Morgan fingerprint density at radius 3 is 2.55 bits per heavy atom. The van der Waals surface area contributed by atoms with E-state index in [0.717, 1.165) is 12.1 Å². The maximum atomic E-state index is 12.5. The highest BCUT2D eigenvalue weighted by Crippen LogP contribution is 2.29. The van der Waals surface area contributed by atoms with Crippen LogP contribution in [-0.4, -0.2) is 12.5 Å². The van der Waals surface area contributed by atoms with Crippen LogP contribution < -0.4 is 11.1 Å². The Morgan fingerprint density at radius 1 is 1.35 bits per heavy atom. The van der Waals surface area contributed by atoms with Gasteiger partial charge in [-0.05, 0) is 23.6 Å². The molecule has 20 heavy (non-hydrogen) atoms. The van der Waals surface area contributed by atoms with Crippen LogP contribution in [0.3, 0.4) is 0 Å². The van der Waals surface area contributed by atoms with Gasteiger partial charge in [0.2, 0.25) is 0 Å². The summed E-state index contributed by atoms with van der Waals surface area (Å²) >= 11 is 0. The number of nitrogens with one attached hydrogen (secondary N) is 1. The summed E-state index contributed by atoms with van der Waals surface area (Å²) in [6.45, 7) is 4.85. The number of rotatable bonds is 4. The Hall–Kier alpha value is -0.990. The lowest BCUT2D eigenvalue weighted by molar-refractivity contribution is -0.137. The van der Waals surface area contributed by atoms with Gasteiger partial charge in [0.1, 0.15) is 0 Å². The summed E-state index contributed by atoms with van der Waals surface area (Å²) in [5, 5.41) is 2.90. The molecule has 7 heteroatoms. The highest BCUT2D eigenvalue weighted by molar-refractivity contribution is 14.0. The number of benzene rings is 1. The van der Waals surface area contributed by atoms with Crippen LogP contribution in [0.4, 0.5) is 13.2 Å². The minimum absolute atomic E-state index is 0. The summed E-state index contributed by atoms with van der Waals surface area (Å²) in [7, 11) is 0. The van der Waals surface area contributed by atoms with Crippen molar-refractivity contribution in [2.24, 2.45) is 16.6 Å². The molecule has 1 aromatic carbocycles. The fourth-order valence-corrected chi connectivity index (χ4v) is 1.39. The zero-order valence-electron chi connectivity index (χ0n) is 11.4. The van der Waals surface area contributed by atoms with E-state index in [1.807, 2.05) is 13.8 Å². The van der Waals surface area contributed by atoms with E-state index in [1.165, 1.54) is 6.07 Å². The van der Waals surface area contributed by atoms with Crippen molar-refractivity contribution in [2.45, 2.75) is 26.6 Å². The van der Waals surface area contributed by atoms with Crippen molar-refractivity contribution in [3.05, 3.63) is 35.4 Å². The van der Waals surface area contributed by atoms with E-state index in [1.54, 1.807) is 6.07 Å². The summed E-state index contributed by atoms with van der Waals surface area (Å²) in [6, 6.07) is 5.08. The van der Waals surface area contributed by atoms with Gasteiger partial charge in [-0.2, -0.15) is 13.2 Å². The van der Waals surface area contributed by atoms with Crippen LogP contribution >= 0.6 is 24.0 Å². The van der Waals surface area contributed by atoms with E-state index in [-0.39, 0.29) is 36.5 Å². The van der Waals surface area contributed by atoms with E-state index in [0.29, 0.717) is 18.0 Å². The second-order valence-electron chi connectivity index (χ2n) is 4.67. The van der Waals surface area contributed by atoms with Crippen molar-refractivity contribution in [1.82, 2.24) is 5.32 Å². The van der Waals surface area contributed by atoms with E-state index in [4.69, 9.17) is 5.73 Å². The molecule has 114 valence electrons. The van der Waals surface area contributed by atoms with Gasteiger partial charge < -0.3 is 11.1 Å². The van der Waals surface area contributed by atoms with E-state index in [2.05, 4.69) is 10.3 Å². The number of hydrogen-bond acceptors (Lipinski definition) is 1. The lowest BCUT2D eigenvalue weighted by atomic mass is 10.1. The lowest BCUT2D eigenvalue weighted by Gasteiger charge is -2.09. The van der Waals surface area contributed by atoms with Crippen molar-refractivity contribution < 1.29 is 13.2 Å². The highest BCUT2D eigenvalue weighted by Gasteiger charge is 2.30. The van der Waals surface area contributed by atoms with Crippen molar-refractivity contribution in [3.63, 3.8) is 0 Å². The predicted molar refractivity (Wildman–Crippen MR) is 85.0 cm³/mol. The first-order chi connectivity index (χ1) is 8.79. The summed E-state index contributed by atoms with van der Waals surface area (Å²) in [4.78, 5) is 4.01. The first-order valence-corrected chi connectivity index (χ1v) is 5.99. The van der Waals surface area contributed by atoms with Gasteiger partial charge in [-0.3, -0.25) is 0 Å². The van der Waals surface area contributed by atoms with E-state index >= 15 is 0 Å². The van der Waals surface area contributed by atoms with Gasteiger partial charge in [-0.15, -0.1) is 24.0 Å². The number of hydrogen-bond donors (Lipinski definition) is 2. The molecule has 0 heterocycles. The molecule has 1 rings (SSSR count). The number of guanidine groups is 1. The van der Waals surface area contributed by atoms with Gasteiger partial charge in [-0.1, -0.05) is 26.0 Å².